The van der Waals surface area contributed by atoms with Crippen LogP contribution in [0.25, 0.3) is 0 Å². The Bertz CT molecular complexity index is 525. The van der Waals surface area contributed by atoms with Gasteiger partial charge in [0.05, 0.1) is 0 Å². The maximum absolute atomic E-state index is 12.0. The Hall–Kier alpha value is -1.09. The molecule has 0 amide bonds. The second-order valence-electron chi connectivity index (χ2n) is 7.10. The average molecular weight is 258 g/mol. The number of aromatic nitrogens is 1. The van der Waals surface area contributed by atoms with Crippen LogP contribution in [-0.4, -0.2) is 4.98 Å². The van der Waals surface area contributed by atoms with Crippen molar-refractivity contribution < 1.29 is 0 Å². The third kappa shape index (κ3) is 1.64. The van der Waals surface area contributed by atoms with E-state index in [9.17, 15) is 4.79 Å². The number of H-pyrrole nitrogens is 1. The van der Waals surface area contributed by atoms with Gasteiger partial charge in [-0.25, -0.2) is 0 Å². The standard InChI is InChI=1S/C16H22N2O/c17-9-13-14(1-2-18-15(13)19)16-6-10-3-11(7-16)5-12(4-10)8-16/h1-2,10-12H,3-9,17H2,(H,18,19). The topological polar surface area (TPSA) is 58.9 Å². The van der Waals surface area contributed by atoms with E-state index in [4.69, 9.17) is 5.73 Å². The summed E-state index contributed by atoms with van der Waals surface area (Å²) in [5.74, 6) is 2.70. The smallest absolute Gasteiger partial charge is 0.252 e. The number of rotatable bonds is 2. The van der Waals surface area contributed by atoms with E-state index in [1.165, 1.54) is 44.1 Å². The van der Waals surface area contributed by atoms with Crippen molar-refractivity contribution >= 4 is 0 Å². The van der Waals surface area contributed by atoms with Crippen LogP contribution < -0.4 is 11.3 Å². The molecule has 4 fully saturated rings. The molecular weight excluding hydrogens is 236 g/mol. The molecule has 5 rings (SSSR count). The lowest BCUT2D eigenvalue weighted by molar-refractivity contribution is -0.00566. The number of nitrogens with one attached hydrogen (secondary N) is 1. The summed E-state index contributed by atoms with van der Waals surface area (Å²) in [6.45, 7) is 0.368. The van der Waals surface area contributed by atoms with Crippen molar-refractivity contribution in [3.63, 3.8) is 0 Å². The molecule has 0 aromatic carbocycles. The monoisotopic (exact) mass is 258 g/mol. The molecule has 0 unspecified atom stereocenters. The van der Waals surface area contributed by atoms with Crippen molar-refractivity contribution in [1.82, 2.24) is 4.98 Å². The van der Waals surface area contributed by atoms with E-state index in [0.29, 0.717) is 6.54 Å². The van der Waals surface area contributed by atoms with Crippen molar-refractivity contribution in [3.05, 3.63) is 33.7 Å². The molecule has 0 atom stereocenters. The number of nitrogens with two attached hydrogens (primary N) is 1. The predicted octanol–water partition coefficient (Wildman–Crippen LogP) is 2.30. The van der Waals surface area contributed by atoms with Gasteiger partial charge in [-0.1, -0.05) is 0 Å². The van der Waals surface area contributed by atoms with Crippen LogP contribution in [0.1, 0.15) is 49.7 Å². The molecule has 1 aromatic rings. The number of hydrogen-bond donors (Lipinski definition) is 2. The number of aromatic amines is 1. The predicted molar refractivity (Wildman–Crippen MR) is 74.8 cm³/mol. The van der Waals surface area contributed by atoms with Crippen LogP contribution >= 0.6 is 0 Å². The van der Waals surface area contributed by atoms with E-state index in [2.05, 4.69) is 11.1 Å². The van der Waals surface area contributed by atoms with Gasteiger partial charge in [-0.05, 0) is 73.3 Å². The minimum Gasteiger partial charge on any atom is -0.329 e. The average Bonchev–Trinajstić information content (AvgIpc) is 2.36. The summed E-state index contributed by atoms with van der Waals surface area (Å²) < 4.78 is 0. The van der Waals surface area contributed by atoms with Crippen LogP contribution in [0.5, 0.6) is 0 Å². The fraction of sp³-hybridized carbons (Fsp3) is 0.688. The van der Waals surface area contributed by atoms with Gasteiger partial charge in [0.2, 0.25) is 0 Å². The normalized spacial score (nSPS) is 39.7. The second-order valence-corrected chi connectivity index (χ2v) is 7.10. The molecule has 4 aliphatic carbocycles. The Morgan fingerprint density at radius 1 is 1.16 bits per heavy atom. The maximum atomic E-state index is 12.0. The van der Waals surface area contributed by atoms with Crippen LogP contribution in [0.15, 0.2) is 17.1 Å². The maximum Gasteiger partial charge on any atom is 0.252 e. The van der Waals surface area contributed by atoms with Crippen LogP contribution in [0.3, 0.4) is 0 Å². The van der Waals surface area contributed by atoms with Gasteiger partial charge in [0.25, 0.3) is 5.56 Å². The van der Waals surface area contributed by atoms with E-state index >= 15 is 0 Å². The lowest BCUT2D eigenvalue weighted by Crippen LogP contribution is -2.49. The van der Waals surface area contributed by atoms with Crippen molar-refractivity contribution in [2.24, 2.45) is 23.5 Å². The number of hydrogen-bond acceptors (Lipinski definition) is 2. The van der Waals surface area contributed by atoms with Gasteiger partial charge in [-0.3, -0.25) is 4.79 Å². The van der Waals surface area contributed by atoms with Gasteiger partial charge >= 0.3 is 0 Å². The molecule has 4 saturated carbocycles. The second kappa shape index (κ2) is 3.95. The molecule has 0 radical (unpaired) electrons. The highest BCUT2D eigenvalue weighted by atomic mass is 16.1. The van der Waals surface area contributed by atoms with E-state index < -0.39 is 0 Å². The SMILES string of the molecule is NCc1c(C23CC4CC(CC(C4)C2)C3)cc[nH]c1=O. The molecule has 0 saturated heterocycles. The fourth-order valence-corrected chi connectivity index (χ4v) is 5.65. The Balaban J connectivity index is 1.84. The molecule has 1 heterocycles. The Labute approximate surface area is 113 Å². The van der Waals surface area contributed by atoms with Crippen LogP contribution in [0.2, 0.25) is 0 Å². The summed E-state index contributed by atoms with van der Waals surface area (Å²) >= 11 is 0. The van der Waals surface area contributed by atoms with E-state index in [-0.39, 0.29) is 11.0 Å². The first-order valence-electron chi connectivity index (χ1n) is 7.61. The zero-order valence-corrected chi connectivity index (χ0v) is 11.3. The molecule has 3 N–H and O–H groups in total. The fourth-order valence-electron chi connectivity index (χ4n) is 5.65. The molecule has 4 aliphatic rings. The molecule has 0 spiro atoms. The minimum absolute atomic E-state index is 0.0238. The first-order valence-corrected chi connectivity index (χ1v) is 7.61. The van der Waals surface area contributed by atoms with Gasteiger partial charge < -0.3 is 10.7 Å². The summed E-state index contributed by atoms with van der Waals surface area (Å²) in [5.41, 5.74) is 8.26. The zero-order valence-electron chi connectivity index (χ0n) is 11.3. The van der Waals surface area contributed by atoms with E-state index in [1.807, 2.05) is 6.20 Å². The van der Waals surface area contributed by atoms with Crippen molar-refractivity contribution in [2.45, 2.75) is 50.5 Å². The van der Waals surface area contributed by atoms with Gasteiger partial charge in [-0.15, -0.1) is 0 Å². The molecule has 3 heteroatoms. The van der Waals surface area contributed by atoms with Crippen LogP contribution in [0, 0.1) is 17.8 Å². The minimum atomic E-state index is 0.0238. The molecule has 1 aromatic heterocycles. The first-order chi connectivity index (χ1) is 9.20. The highest BCUT2D eigenvalue weighted by Gasteiger charge is 2.52. The Morgan fingerprint density at radius 3 is 2.26 bits per heavy atom. The van der Waals surface area contributed by atoms with Crippen LogP contribution in [-0.2, 0) is 12.0 Å². The summed E-state index contributed by atoms with van der Waals surface area (Å²) in [6.07, 6.45) is 9.97. The quantitative estimate of drug-likeness (QED) is 0.855. The molecular formula is C16H22N2O. The van der Waals surface area contributed by atoms with E-state index in [0.717, 1.165) is 23.3 Å². The summed E-state index contributed by atoms with van der Waals surface area (Å²) in [4.78, 5) is 14.8. The van der Waals surface area contributed by atoms with Gasteiger partial charge in [0.15, 0.2) is 0 Å². The summed E-state index contributed by atoms with van der Waals surface area (Å²) in [7, 11) is 0. The Kier molecular flexibility index (Phi) is 2.44. The lowest BCUT2D eigenvalue weighted by atomic mass is 9.47. The molecule has 3 nitrogen and oxygen atoms in total. The third-order valence-corrected chi connectivity index (χ3v) is 5.88. The van der Waals surface area contributed by atoms with Gasteiger partial charge in [0.1, 0.15) is 0 Å². The third-order valence-electron chi connectivity index (χ3n) is 5.88. The first kappa shape index (κ1) is 11.7. The Morgan fingerprint density at radius 2 is 1.74 bits per heavy atom. The highest BCUT2D eigenvalue weighted by Crippen LogP contribution is 2.60. The summed E-state index contributed by atoms with van der Waals surface area (Å²) in [5, 5.41) is 0. The van der Waals surface area contributed by atoms with Gasteiger partial charge in [0, 0.05) is 18.3 Å². The van der Waals surface area contributed by atoms with Crippen molar-refractivity contribution in [2.75, 3.05) is 0 Å². The van der Waals surface area contributed by atoms with Crippen molar-refractivity contribution in [3.8, 4) is 0 Å². The largest absolute Gasteiger partial charge is 0.329 e. The molecule has 19 heavy (non-hydrogen) atoms. The van der Waals surface area contributed by atoms with Crippen LogP contribution in [0.4, 0.5) is 0 Å². The van der Waals surface area contributed by atoms with E-state index in [1.54, 1.807) is 0 Å². The lowest BCUT2D eigenvalue weighted by Gasteiger charge is -2.57. The van der Waals surface area contributed by atoms with Gasteiger partial charge in [-0.2, -0.15) is 0 Å². The summed E-state index contributed by atoms with van der Waals surface area (Å²) in [6, 6.07) is 2.14. The van der Waals surface area contributed by atoms with Crippen molar-refractivity contribution in [1.29, 1.82) is 0 Å². The zero-order chi connectivity index (χ0) is 13.0. The molecule has 102 valence electrons. The number of pyridine rings is 1. The highest BCUT2D eigenvalue weighted by molar-refractivity contribution is 5.34. The molecule has 4 bridgehead atoms. The molecule has 0 aliphatic heterocycles.